The molecule has 0 spiro atoms. The molecule has 1 unspecified atom stereocenters. The lowest BCUT2D eigenvalue weighted by Gasteiger charge is -2.33. The van der Waals surface area contributed by atoms with E-state index in [1.165, 1.54) is 16.4 Å². The third-order valence-electron chi connectivity index (χ3n) is 5.18. The van der Waals surface area contributed by atoms with Crippen molar-refractivity contribution in [1.29, 1.82) is 5.26 Å². The third kappa shape index (κ3) is 5.61. The number of piperazine rings is 1. The Morgan fingerprint density at radius 1 is 1.16 bits per heavy atom. The van der Waals surface area contributed by atoms with Crippen LogP contribution in [0.15, 0.2) is 53.4 Å². The van der Waals surface area contributed by atoms with Crippen molar-refractivity contribution in [3.05, 3.63) is 54.1 Å². The van der Waals surface area contributed by atoms with Crippen LogP contribution < -0.4 is 10.1 Å². The molecule has 9 heteroatoms. The van der Waals surface area contributed by atoms with Crippen LogP contribution in [-0.4, -0.2) is 62.4 Å². The van der Waals surface area contributed by atoms with E-state index in [0.717, 1.165) is 6.54 Å². The van der Waals surface area contributed by atoms with Gasteiger partial charge < -0.3 is 15.0 Å². The molecule has 0 aliphatic carbocycles. The number of sulfonamides is 1. The number of nitriles is 1. The Morgan fingerprint density at radius 3 is 2.45 bits per heavy atom. The van der Waals surface area contributed by atoms with Crippen molar-refractivity contribution >= 4 is 21.6 Å². The summed E-state index contributed by atoms with van der Waals surface area (Å²) in [5.74, 6) is 0.0552. The SMILES string of the molecule is CCN1CCN(S(=O)(=O)c2cccc(NC(=O)C(C)Oc3ccc(C#N)cc3)c2)CC1. The molecule has 1 fully saturated rings. The van der Waals surface area contributed by atoms with Crippen molar-refractivity contribution in [2.24, 2.45) is 0 Å². The fourth-order valence-electron chi connectivity index (χ4n) is 3.28. The zero-order valence-corrected chi connectivity index (χ0v) is 18.4. The van der Waals surface area contributed by atoms with Gasteiger partial charge in [-0.25, -0.2) is 8.42 Å². The number of likely N-dealkylation sites (N-methyl/N-ethyl adjacent to an activating group) is 1. The van der Waals surface area contributed by atoms with Crippen LogP contribution in [0, 0.1) is 11.3 Å². The highest BCUT2D eigenvalue weighted by atomic mass is 32.2. The number of benzene rings is 2. The maximum absolute atomic E-state index is 13.0. The number of carbonyl (C=O) groups is 1. The molecule has 8 nitrogen and oxygen atoms in total. The first kappa shape index (κ1) is 22.7. The van der Waals surface area contributed by atoms with Gasteiger partial charge in [-0.05, 0) is 55.9 Å². The fraction of sp³-hybridized carbons (Fsp3) is 0.364. The molecule has 2 aromatic carbocycles. The standard InChI is InChI=1S/C22H26N4O4S/c1-3-25-11-13-26(14-12-25)31(28,29)21-6-4-5-19(15-21)24-22(27)17(2)30-20-9-7-18(16-23)8-10-20/h4-10,15,17H,3,11-14H2,1-2H3,(H,24,27). The summed E-state index contributed by atoms with van der Waals surface area (Å²) in [4.78, 5) is 14.9. The molecule has 1 amide bonds. The average Bonchev–Trinajstić information content (AvgIpc) is 2.79. The van der Waals surface area contributed by atoms with Gasteiger partial charge in [-0.15, -0.1) is 0 Å². The molecule has 1 atom stereocenters. The van der Waals surface area contributed by atoms with Crippen LogP contribution in [0.1, 0.15) is 19.4 Å². The highest BCUT2D eigenvalue weighted by molar-refractivity contribution is 7.89. The van der Waals surface area contributed by atoms with Gasteiger partial charge in [-0.3, -0.25) is 4.79 Å². The minimum atomic E-state index is -3.63. The Labute approximate surface area is 183 Å². The number of nitrogens with one attached hydrogen (secondary N) is 1. The van der Waals surface area contributed by atoms with E-state index in [2.05, 4.69) is 17.1 Å². The highest BCUT2D eigenvalue weighted by Gasteiger charge is 2.28. The Hall–Kier alpha value is -2.93. The molecule has 0 bridgehead atoms. The van der Waals surface area contributed by atoms with Crippen LogP contribution in [0.25, 0.3) is 0 Å². The first-order valence-electron chi connectivity index (χ1n) is 10.1. The van der Waals surface area contributed by atoms with Crippen molar-refractivity contribution in [2.45, 2.75) is 24.8 Å². The summed E-state index contributed by atoms with van der Waals surface area (Å²) in [5.41, 5.74) is 0.882. The number of hydrogen-bond acceptors (Lipinski definition) is 6. The number of rotatable bonds is 7. The number of carbonyl (C=O) groups excluding carboxylic acids is 1. The summed E-state index contributed by atoms with van der Waals surface area (Å²) in [6.45, 7) is 6.86. The molecule has 1 N–H and O–H groups in total. The lowest BCUT2D eigenvalue weighted by Crippen LogP contribution is -2.48. The minimum Gasteiger partial charge on any atom is -0.481 e. The van der Waals surface area contributed by atoms with Crippen LogP contribution >= 0.6 is 0 Å². The molecule has 1 aliphatic rings. The Bertz CT molecular complexity index is 1060. The largest absolute Gasteiger partial charge is 0.481 e. The molecule has 0 aromatic heterocycles. The number of anilines is 1. The average molecular weight is 443 g/mol. The zero-order valence-electron chi connectivity index (χ0n) is 17.6. The van der Waals surface area contributed by atoms with Crippen molar-refractivity contribution < 1.29 is 17.9 Å². The molecule has 3 rings (SSSR count). The van der Waals surface area contributed by atoms with E-state index >= 15 is 0 Å². The molecule has 0 saturated carbocycles. The van der Waals surface area contributed by atoms with Crippen molar-refractivity contribution in [1.82, 2.24) is 9.21 Å². The minimum absolute atomic E-state index is 0.149. The van der Waals surface area contributed by atoms with E-state index in [-0.39, 0.29) is 4.90 Å². The van der Waals surface area contributed by atoms with Crippen molar-refractivity contribution in [3.63, 3.8) is 0 Å². The molecule has 1 saturated heterocycles. The quantitative estimate of drug-likeness (QED) is 0.706. The van der Waals surface area contributed by atoms with Gasteiger partial charge in [-0.1, -0.05) is 13.0 Å². The monoisotopic (exact) mass is 442 g/mol. The van der Waals surface area contributed by atoms with E-state index in [9.17, 15) is 13.2 Å². The molecule has 0 radical (unpaired) electrons. The second-order valence-corrected chi connectivity index (χ2v) is 9.19. The molecule has 31 heavy (non-hydrogen) atoms. The van der Waals surface area contributed by atoms with Gasteiger partial charge in [0.1, 0.15) is 5.75 Å². The summed E-state index contributed by atoms with van der Waals surface area (Å²) < 4.78 is 33.1. The van der Waals surface area contributed by atoms with E-state index in [1.807, 2.05) is 6.07 Å². The molecule has 1 aliphatic heterocycles. The normalized spacial score (nSPS) is 16.3. The molecule has 2 aromatic rings. The lowest BCUT2D eigenvalue weighted by molar-refractivity contribution is -0.122. The van der Waals surface area contributed by atoms with Crippen molar-refractivity contribution in [2.75, 3.05) is 38.0 Å². The van der Waals surface area contributed by atoms with Gasteiger partial charge in [0.2, 0.25) is 10.0 Å². The van der Waals surface area contributed by atoms with E-state index in [1.54, 1.807) is 43.3 Å². The van der Waals surface area contributed by atoms with E-state index in [0.29, 0.717) is 43.2 Å². The second kappa shape index (κ2) is 9.92. The van der Waals surface area contributed by atoms with Gasteiger partial charge in [0.05, 0.1) is 16.5 Å². The summed E-state index contributed by atoms with van der Waals surface area (Å²) in [5, 5.41) is 11.6. The summed E-state index contributed by atoms with van der Waals surface area (Å²) in [6, 6.07) is 14.7. The molecule has 1 heterocycles. The predicted molar refractivity (Wildman–Crippen MR) is 117 cm³/mol. The Morgan fingerprint density at radius 2 is 1.84 bits per heavy atom. The summed E-state index contributed by atoms with van der Waals surface area (Å²) >= 11 is 0. The smallest absolute Gasteiger partial charge is 0.265 e. The summed E-state index contributed by atoms with van der Waals surface area (Å²) in [6.07, 6.45) is -0.810. The van der Waals surface area contributed by atoms with E-state index < -0.39 is 22.0 Å². The Balaban J connectivity index is 1.65. The van der Waals surface area contributed by atoms with Crippen LogP contribution in [-0.2, 0) is 14.8 Å². The van der Waals surface area contributed by atoms with Crippen LogP contribution in [0.4, 0.5) is 5.69 Å². The van der Waals surface area contributed by atoms with Crippen LogP contribution in [0.5, 0.6) is 5.75 Å². The fourth-order valence-corrected chi connectivity index (χ4v) is 4.75. The summed E-state index contributed by atoms with van der Waals surface area (Å²) in [7, 11) is -3.63. The van der Waals surface area contributed by atoms with Crippen LogP contribution in [0.3, 0.4) is 0 Å². The molecular weight excluding hydrogens is 416 g/mol. The highest BCUT2D eigenvalue weighted by Crippen LogP contribution is 2.21. The van der Waals surface area contributed by atoms with Crippen molar-refractivity contribution in [3.8, 4) is 11.8 Å². The molecule has 164 valence electrons. The lowest BCUT2D eigenvalue weighted by atomic mass is 10.2. The number of ether oxygens (including phenoxy) is 1. The number of nitrogens with zero attached hydrogens (tertiary/aromatic N) is 3. The number of amides is 1. The first-order valence-corrected chi connectivity index (χ1v) is 11.6. The van der Waals surface area contributed by atoms with Gasteiger partial charge >= 0.3 is 0 Å². The third-order valence-corrected chi connectivity index (χ3v) is 7.08. The van der Waals surface area contributed by atoms with Gasteiger partial charge in [0.25, 0.3) is 5.91 Å². The predicted octanol–water partition coefficient (Wildman–Crippen LogP) is 2.29. The number of hydrogen-bond donors (Lipinski definition) is 1. The Kier molecular flexibility index (Phi) is 7.28. The van der Waals surface area contributed by atoms with Crippen LogP contribution in [0.2, 0.25) is 0 Å². The molecular formula is C22H26N4O4S. The van der Waals surface area contributed by atoms with Gasteiger partial charge in [0, 0.05) is 31.9 Å². The zero-order chi connectivity index (χ0) is 22.4. The van der Waals surface area contributed by atoms with E-state index in [4.69, 9.17) is 10.00 Å². The van der Waals surface area contributed by atoms with Gasteiger partial charge in [0.15, 0.2) is 6.10 Å². The van der Waals surface area contributed by atoms with Gasteiger partial charge in [-0.2, -0.15) is 9.57 Å². The maximum Gasteiger partial charge on any atom is 0.265 e. The topological polar surface area (TPSA) is 103 Å². The second-order valence-electron chi connectivity index (χ2n) is 7.25. The maximum atomic E-state index is 13.0. The first-order chi connectivity index (χ1) is 14.8.